The molecule has 0 fully saturated rings. The van der Waals surface area contributed by atoms with Crippen molar-refractivity contribution in [1.29, 1.82) is 0 Å². The minimum absolute atomic E-state index is 0.410. The summed E-state index contributed by atoms with van der Waals surface area (Å²) in [6.45, 7) is 0. The number of anilines is 1. The summed E-state index contributed by atoms with van der Waals surface area (Å²) < 4.78 is 0. The number of halogens is 1. The number of benzene rings is 2. The van der Waals surface area contributed by atoms with Gasteiger partial charge in [0.1, 0.15) is 0 Å². The van der Waals surface area contributed by atoms with Gasteiger partial charge in [-0.2, -0.15) is 0 Å². The molecule has 1 aromatic heterocycles. The summed E-state index contributed by atoms with van der Waals surface area (Å²) in [5.41, 5.74) is 5.66. The van der Waals surface area contributed by atoms with Crippen molar-refractivity contribution < 1.29 is 0 Å². The van der Waals surface area contributed by atoms with Crippen molar-refractivity contribution in [3.8, 4) is 0 Å². The number of nitrogens with zero attached hydrogens (tertiary/aromatic N) is 2. The second kappa shape index (κ2) is 5.01. The molecule has 0 spiro atoms. The highest BCUT2D eigenvalue weighted by molar-refractivity contribution is 6.30. The van der Waals surface area contributed by atoms with Crippen LogP contribution in [0, 0.1) is 0 Å². The van der Waals surface area contributed by atoms with E-state index in [1.165, 1.54) is 11.1 Å². The fraction of sp³-hybridized carbons (Fsp3) is 0.176. The van der Waals surface area contributed by atoms with Gasteiger partial charge in [-0.05, 0) is 54.3 Å². The van der Waals surface area contributed by atoms with Crippen LogP contribution in [0.25, 0.3) is 11.0 Å². The summed E-state index contributed by atoms with van der Waals surface area (Å²) in [7, 11) is 0. The van der Waals surface area contributed by atoms with Gasteiger partial charge in [-0.3, -0.25) is 9.97 Å². The molecule has 0 saturated carbocycles. The average molecular weight is 296 g/mol. The van der Waals surface area contributed by atoms with Crippen molar-refractivity contribution in [3.63, 3.8) is 0 Å². The third kappa shape index (κ3) is 2.45. The SMILES string of the molecule is Clc1ccc2c(c1)CC(Nc1ccc3nccnc3c1)C2. The molecule has 0 amide bonds. The monoisotopic (exact) mass is 295 g/mol. The Labute approximate surface area is 128 Å². The Kier molecular flexibility index (Phi) is 3.00. The second-order valence-corrected chi connectivity index (χ2v) is 5.86. The molecule has 104 valence electrons. The summed E-state index contributed by atoms with van der Waals surface area (Å²) in [5, 5.41) is 4.40. The van der Waals surface area contributed by atoms with Crippen LogP contribution < -0.4 is 5.32 Å². The molecule has 0 radical (unpaired) electrons. The van der Waals surface area contributed by atoms with Crippen molar-refractivity contribution in [2.24, 2.45) is 0 Å². The third-order valence-electron chi connectivity index (χ3n) is 3.94. The van der Waals surface area contributed by atoms with Crippen LogP contribution >= 0.6 is 11.6 Å². The number of hydrogen-bond donors (Lipinski definition) is 1. The Morgan fingerprint density at radius 3 is 2.62 bits per heavy atom. The minimum atomic E-state index is 0.410. The highest BCUT2D eigenvalue weighted by Crippen LogP contribution is 2.27. The van der Waals surface area contributed by atoms with E-state index in [9.17, 15) is 0 Å². The Hall–Kier alpha value is -2.13. The van der Waals surface area contributed by atoms with Crippen LogP contribution in [0.1, 0.15) is 11.1 Å². The molecule has 1 unspecified atom stereocenters. The molecule has 1 N–H and O–H groups in total. The fourth-order valence-electron chi connectivity index (χ4n) is 2.98. The predicted octanol–water partition coefficient (Wildman–Crippen LogP) is 3.86. The maximum absolute atomic E-state index is 6.06. The largest absolute Gasteiger partial charge is 0.382 e. The van der Waals surface area contributed by atoms with E-state index >= 15 is 0 Å². The smallest absolute Gasteiger partial charge is 0.0907 e. The molecular weight excluding hydrogens is 282 g/mol. The molecule has 2 aromatic carbocycles. The van der Waals surface area contributed by atoms with Crippen LogP contribution in [-0.2, 0) is 12.8 Å². The summed E-state index contributed by atoms with van der Waals surface area (Å²) in [6.07, 6.45) is 5.48. The van der Waals surface area contributed by atoms with Gasteiger partial charge in [-0.15, -0.1) is 0 Å². The molecule has 3 nitrogen and oxygen atoms in total. The summed E-state index contributed by atoms with van der Waals surface area (Å²) >= 11 is 6.06. The molecule has 0 bridgehead atoms. The lowest BCUT2D eigenvalue weighted by Gasteiger charge is -2.13. The van der Waals surface area contributed by atoms with Crippen molar-refractivity contribution in [2.45, 2.75) is 18.9 Å². The van der Waals surface area contributed by atoms with E-state index in [2.05, 4.69) is 39.6 Å². The number of nitrogens with one attached hydrogen (secondary N) is 1. The summed E-state index contributed by atoms with van der Waals surface area (Å²) in [5.74, 6) is 0. The Morgan fingerprint density at radius 1 is 0.905 bits per heavy atom. The summed E-state index contributed by atoms with van der Waals surface area (Å²) in [6, 6.07) is 12.7. The van der Waals surface area contributed by atoms with E-state index < -0.39 is 0 Å². The van der Waals surface area contributed by atoms with Crippen molar-refractivity contribution >= 4 is 28.3 Å². The van der Waals surface area contributed by atoms with Gasteiger partial charge < -0.3 is 5.32 Å². The van der Waals surface area contributed by atoms with Crippen LogP contribution in [0.2, 0.25) is 5.02 Å². The highest BCUT2D eigenvalue weighted by Gasteiger charge is 2.21. The first-order valence-corrected chi connectivity index (χ1v) is 7.40. The maximum Gasteiger partial charge on any atom is 0.0907 e. The first-order chi connectivity index (χ1) is 10.3. The molecule has 0 saturated heterocycles. The topological polar surface area (TPSA) is 37.8 Å². The average Bonchev–Trinajstić information content (AvgIpc) is 2.88. The molecule has 3 aromatic rings. The normalized spacial score (nSPS) is 16.9. The van der Waals surface area contributed by atoms with E-state index in [-0.39, 0.29) is 0 Å². The van der Waals surface area contributed by atoms with Crippen LogP contribution in [0.3, 0.4) is 0 Å². The van der Waals surface area contributed by atoms with E-state index in [0.29, 0.717) is 6.04 Å². The predicted molar refractivity (Wildman–Crippen MR) is 85.8 cm³/mol. The lowest BCUT2D eigenvalue weighted by atomic mass is 10.1. The van der Waals surface area contributed by atoms with E-state index in [1.807, 2.05) is 12.1 Å². The Morgan fingerprint density at radius 2 is 1.71 bits per heavy atom. The van der Waals surface area contributed by atoms with E-state index in [1.54, 1.807) is 12.4 Å². The highest BCUT2D eigenvalue weighted by atomic mass is 35.5. The summed E-state index contributed by atoms with van der Waals surface area (Å²) in [4.78, 5) is 8.64. The molecule has 1 aliphatic rings. The molecule has 4 rings (SSSR count). The molecule has 21 heavy (non-hydrogen) atoms. The maximum atomic E-state index is 6.06. The molecule has 1 aliphatic carbocycles. The van der Waals surface area contributed by atoms with Gasteiger partial charge in [0, 0.05) is 29.1 Å². The van der Waals surface area contributed by atoms with Crippen LogP contribution in [0.4, 0.5) is 5.69 Å². The van der Waals surface area contributed by atoms with E-state index in [0.717, 1.165) is 34.6 Å². The van der Waals surface area contributed by atoms with Gasteiger partial charge in [-0.25, -0.2) is 0 Å². The van der Waals surface area contributed by atoms with Crippen LogP contribution in [0.15, 0.2) is 48.8 Å². The van der Waals surface area contributed by atoms with Gasteiger partial charge in [0.15, 0.2) is 0 Å². The Bertz CT molecular complexity index is 816. The zero-order valence-corrected chi connectivity index (χ0v) is 12.1. The zero-order valence-electron chi connectivity index (χ0n) is 11.4. The van der Waals surface area contributed by atoms with E-state index in [4.69, 9.17) is 11.6 Å². The molecule has 1 atom stereocenters. The molecule has 0 aliphatic heterocycles. The standard InChI is InChI=1S/C17H14ClN3/c18-13-2-1-11-8-15(9-12(11)7-13)21-14-3-4-16-17(10-14)20-6-5-19-16/h1-7,10,15,21H,8-9H2. The minimum Gasteiger partial charge on any atom is -0.382 e. The first-order valence-electron chi connectivity index (χ1n) is 7.02. The number of hydrogen-bond acceptors (Lipinski definition) is 3. The molecule has 4 heteroatoms. The van der Waals surface area contributed by atoms with Crippen molar-refractivity contribution in [3.05, 3.63) is 64.9 Å². The lowest BCUT2D eigenvalue weighted by molar-refractivity contribution is 0.774. The van der Waals surface area contributed by atoms with Crippen LogP contribution in [-0.4, -0.2) is 16.0 Å². The van der Waals surface area contributed by atoms with Gasteiger partial charge in [0.05, 0.1) is 11.0 Å². The lowest BCUT2D eigenvalue weighted by Crippen LogP contribution is -2.19. The van der Waals surface area contributed by atoms with Crippen molar-refractivity contribution in [1.82, 2.24) is 9.97 Å². The number of rotatable bonds is 2. The van der Waals surface area contributed by atoms with Gasteiger partial charge in [0.25, 0.3) is 0 Å². The Balaban J connectivity index is 1.56. The van der Waals surface area contributed by atoms with Crippen molar-refractivity contribution in [2.75, 3.05) is 5.32 Å². The number of fused-ring (bicyclic) bond motifs is 2. The van der Waals surface area contributed by atoms with Gasteiger partial charge in [0.2, 0.25) is 0 Å². The molecule has 1 heterocycles. The van der Waals surface area contributed by atoms with Crippen LogP contribution in [0.5, 0.6) is 0 Å². The zero-order chi connectivity index (χ0) is 14.2. The third-order valence-corrected chi connectivity index (χ3v) is 4.18. The van der Waals surface area contributed by atoms with Gasteiger partial charge in [-0.1, -0.05) is 17.7 Å². The quantitative estimate of drug-likeness (QED) is 0.780. The fourth-order valence-corrected chi connectivity index (χ4v) is 3.17. The second-order valence-electron chi connectivity index (χ2n) is 5.42. The first kappa shape index (κ1) is 12.6. The molecular formula is C17H14ClN3. The number of aromatic nitrogens is 2. The van der Waals surface area contributed by atoms with Gasteiger partial charge >= 0.3 is 0 Å².